The Balaban J connectivity index is 2.00. The Labute approximate surface area is 109 Å². The van der Waals surface area contributed by atoms with E-state index in [9.17, 15) is 9.90 Å². The van der Waals surface area contributed by atoms with Crippen LogP contribution in [-0.2, 0) is 0 Å². The van der Waals surface area contributed by atoms with Gasteiger partial charge in [-0.2, -0.15) is 5.10 Å². The number of ether oxygens (including phenoxy) is 1. The first-order valence-corrected chi connectivity index (χ1v) is 5.99. The fraction of sp³-hybridized carbons (Fsp3) is 0.333. The Morgan fingerprint density at radius 1 is 1.47 bits per heavy atom. The van der Waals surface area contributed by atoms with E-state index in [0.29, 0.717) is 12.4 Å². The molecule has 0 radical (unpaired) electrons. The number of nitrogens with zero attached hydrogens (tertiary/aromatic N) is 1. The average molecular weight is 264 g/mol. The van der Waals surface area contributed by atoms with Crippen LogP contribution in [0.1, 0.15) is 18.9 Å². The summed E-state index contributed by atoms with van der Waals surface area (Å²) >= 11 is 0. The lowest BCUT2D eigenvalue weighted by atomic mass is 10.2. The average Bonchev–Trinajstić information content (AvgIpc) is 2.84. The lowest BCUT2D eigenvalue weighted by Gasteiger charge is -2.14. The van der Waals surface area contributed by atoms with Crippen molar-refractivity contribution < 1.29 is 9.84 Å². The highest BCUT2D eigenvalue weighted by atomic mass is 16.5. The Bertz CT molecular complexity index is 578. The SMILES string of the molecule is CCOc1ccccc1NCC(O)c1n[nH]c(=O)[nH]1. The van der Waals surface area contributed by atoms with Gasteiger partial charge < -0.3 is 15.2 Å². The zero-order valence-corrected chi connectivity index (χ0v) is 10.5. The van der Waals surface area contributed by atoms with E-state index in [1.165, 1.54) is 0 Å². The minimum absolute atomic E-state index is 0.200. The van der Waals surface area contributed by atoms with Crippen LogP contribution in [0, 0.1) is 0 Å². The smallest absolute Gasteiger partial charge is 0.340 e. The predicted molar refractivity (Wildman–Crippen MR) is 70.3 cm³/mol. The molecule has 0 fully saturated rings. The largest absolute Gasteiger partial charge is 0.492 e. The number of H-pyrrole nitrogens is 2. The quantitative estimate of drug-likeness (QED) is 0.613. The molecule has 1 aromatic heterocycles. The van der Waals surface area contributed by atoms with Crippen molar-refractivity contribution in [3.63, 3.8) is 0 Å². The van der Waals surface area contributed by atoms with Crippen LogP contribution < -0.4 is 15.7 Å². The van der Waals surface area contributed by atoms with Crippen molar-refractivity contribution in [2.45, 2.75) is 13.0 Å². The van der Waals surface area contributed by atoms with E-state index >= 15 is 0 Å². The van der Waals surface area contributed by atoms with E-state index < -0.39 is 11.8 Å². The molecule has 0 saturated carbocycles. The third-order valence-corrected chi connectivity index (χ3v) is 2.51. The van der Waals surface area contributed by atoms with Gasteiger partial charge in [-0.1, -0.05) is 12.1 Å². The van der Waals surface area contributed by atoms with Gasteiger partial charge in [-0.25, -0.2) is 9.89 Å². The Morgan fingerprint density at radius 2 is 2.26 bits per heavy atom. The molecular formula is C12H16N4O3. The number of para-hydroxylation sites is 2. The highest BCUT2D eigenvalue weighted by Crippen LogP contribution is 2.24. The number of hydrogen-bond donors (Lipinski definition) is 4. The summed E-state index contributed by atoms with van der Waals surface area (Å²) in [5, 5.41) is 18.8. The number of aromatic amines is 2. The van der Waals surface area contributed by atoms with Crippen LogP contribution in [0.5, 0.6) is 5.75 Å². The Kier molecular flexibility index (Phi) is 4.19. The molecule has 1 aromatic carbocycles. The van der Waals surface area contributed by atoms with Crippen LogP contribution in [-0.4, -0.2) is 33.4 Å². The zero-order chi connectivity index (χ0) is 13.7. The minimum atomic E-state index is -0.909. The number of aliphatic hydroxyl groups is 1. The van der Waals surface area contributed by atoms with Gasteiger partial charge in [0.1, 0.15) is 11.9 Å². The molecule has 0 spiro atoms. The van der Waals surface area contributed by atoms with Crippen molar-refractivity contribution in [1.29, 1.82) is 0 Å². The van der Waals surface area contributed by atoms with Crippen molar-refractivity contribution >= 4 is 5.69 Å². The lowest BCUT2D eigenvalue weighted by Crippen LogP contribution is -2.15. The normalized spacial score (nSPS) is 12.1. The first-order valence-electron chi connectivity index (χ1n) is 5.99. The molecule has 0 aliphatic carbocycles. The molecule has 102 valence electrons. The molecule has 0 bridgehead atoms. The molecule has 0 amide bonds. The first-order chi connectivity index (χ1) is 9.20. The van der Waals surface area contributed by atoms with Gasteiger partial charge in [-0.15, -0.1) is 0 Å². The van der Waals surface area contributed by atoms with Crippen LogP contribution in [0.3, 0.4) is 0 Å². The number of nitrogens with one attached hydrogen (secondary N) is 3. The van der Waals surface area contributed by atoms with Gasteiger partial charge in [0.2, 0.25) is 0 Å². The van der Waals surface area contributed by atoms with Crippen molar-refractivity contribution in [3.05, 3.63) is 40.6 Å². The Hall–Kier alpha value is -2.28. The fourth-order valence-electron chi connectivity index (χ4n) is 1.64. The van der Waals surface area contributed by atoms with Gasteiger partial charge in [0.15, 0.2) is 5.82 Å². The van der Waals surface area contributed by atoms with Gasteiger partial charge >= 0.3 is 5.69 Å². The summed E-state index contributed by atoms with van der Waals surface area (Å²) in [6, 6.07) is 7.44. The molecule has 2 rings (SSSR count). The van der Waals surface area contributed by atoms with Crippen molar-refractivity contribution in [1.82, 2.24) is 15.2 Å². The molecular weight excluding hydrogens is 248 g/mol. The standard InChI is InChI=1S/C12H16N4O3/c1-2-19-10-6-4-3-5-8(10)13-7-9(17)11-14-12(18)16-15-11/h3-6,9,13,17H,2,7H2,1H3,(H2,14,15,16,18). The van der Waals surface area contributed by atoms with Crippen LogP contribution in [0.4, 0.5) is 5.69 Å². The van der Waals surface area contributed by atoms with Gasteiger partial charge in [-0.05, 0) is 19.1 Å². The van der Waals surface area contributed by atoms with E-state index in [-0.39, 0.29) is 12.4 Å². The third-order valence-electron chi connectivity index (χ3n) is 2.51. The van der Waals surface area contributed by atoms with E-state index in [0.717, 1.165) is 5.69 Å². The maximum Gasteiger partial charge on any atom is 0.340 e. The summed E-state index contributed by atoms with van der Waals surface area (Å²) in [4.78, 5) is 13.3. The topological polar surface area (TPSA) is 103 Å². The highest BCUT2D eigenvalue weighted by molar-refractivity contribution is 5.56. The second-order valence-corrected chi connectivity index (χ2v) is 3.89. The van der Waals surface area contributed by atoms with Gasteiger partial charge in [0.25, 0.3) is 0 Å². The second-order valence-electron chi connectivity index (χ2n) is 3.89. The summed E-state index contributed by atoms with van der Waals surface area (Å²) in [6.07, 6.45) is -0.909. The van der Waals surface area contributed by atoms with E-state index in [1.54, 1.807) is 0 Å². The van der Waals surface area contributed by atoms with Crippen molar-refractivity contribution in [2.24, 2.45) is 0 Å². The maximum atomic E-state index is 10.9. The molecule has 7 nitrogen and oxygen atoms in total. The maximum absolute atomic E-state index is 10.9. The first kappa shape index (κ1) is 13.2. The van der Waals surface area contributed by atoms with Gasteiger partial charge in [0.05, 0.1) is 12.3 Å². The lowest BCUT2D eigenvalue weighted by molar-refractivity contribution is 0.181. The van der Waals surface area contributed by atoms with E-state index in [4.69, 9.17) is 4.74 Å². The molecule has 0 saturated heterocycles. The minimum Gasteiger partial charge on any atom is -0.492 e. The molecule has 1 unspecified atom stereocenters. The highest BCUT2D eigenvalue weighted by Gasteiger charge is 2.12. The number of anilines is 1. The zero-order valence-electron chi connectivity index (χ0n) is 10.5. The Morgan fingerprint density at radius 3 is 2.95 bits per heavy atom. The predicted octanol–water partition coefficient (Wildman–Crippen LogP) is 0.642. The number of rotatable bonds is 6. The number of hydrogen-bond acceptors (Lipinski definition) is 5. The van der Waals surface area contributed by atoms with Crippen LogP contribution in [0.2, 0.25) is 0 Å². The summed E-state index contributed by atoms with van der Waals surface area (Å²) in [7, 11) is 0. The molecule has 19 heavy (non-hydrogen) atoms. The van der Waals surface area contributed by atoms with Crippen molar-refractivity contribution in [2.75, 3.05) is 18.5 Å². The summed E-state index contributed by atoms with van der Waals surface area (Å²) in [5.41, 5.74) is 0.338. The summed E-state index contributed by atoms with van der Waals surface area (Å²) < 4.78 is 5.46. The molecule has 1 heterocycles. The molecule has 0 aliphatic rings. The monoisotopic (exact) mass is 264 g/mol. The fourth-order valence-corrected chi connectivity index (χ4v) is 1.64. The number of aliphatic hydroxyl groups excluding tert-OH is 1. The van der Waals surface area contributed by atoms with Crippen LogP contribution in [0.25, 0.3) is 0 Å². The molecule has 7 heteroatoms. The van der Waals surface area contributed by atoms with Crippen LogP contribution >= 0.6 is 0 Å². The van der Waals surface area contributed by atoms with Crippen molar-refractivity contribution in [3.8, 4) is 5.75 Å². The number of benzene rings is 1. The van der Waals surface area contributed by atoms with E-state index in [1.807, 2.05) is 31.2 Å². The second kappa shape index (κ2) is 6.05. The molecule has 1 atom stereocenters. The summed E-state index contributed by atoms with van der Waals surface area (Å²) in [6.45, 7) is 2.68. The number of aromatic nitrogens is 3. The molecule has 0 aliphatic heterocycles. The van der Waals surface area contributed by atoms with Crippen LogP contribution in [0.15, 0.2) is 29.1 Å². The molecule has 4 N–H and O–H groups in total. The summed E-state index contributed by atoms with van der Waals surface area (Å²) in [5.74, 6) is 0.916. The molecule has 2 aromatic rings. The van der Waals surface area contributed by atoms with Gasteiger partial charge in [-0.3, -0.25) is 4.98 Å². The third kappa shape index (κ3) is 3.35. The van der Waals surface area contributed by atoms with E-state index in [2.05, 4.69) is 20.5 Å². The van der Waals surface area contributed by atoms with Gasteiger partial charge in [0, 0.05) is 6.54 Å².